The lowest BCUT2D eigenvalue weighted by Gasteiger charge is -1.98. The van der Waals surface area contributed by atoms with Crippen LogP contribution in [0.3, 0.4) is 0 Å². The molecule has 0 aliphatic heterocycles. The van der Waals surface area contributed by atoms with Crippen molar-refractivity contribution in [1.29, 1.82) is 0 Å². The molecule has 0 aliphatic carbocycles. The quantitative estimate of drug-likeness (QED) is 0.422. The molecule has 64 valence electrons. The molecule has 0 radical (unpaired) electrons. The van der Waals surface area contributed by atoms with E-state index in [1.807, 2.05) is 6.26 Å². The molecule has 3 nitrogen and oxygen atoms in total. The highest BCUT2D eigenvalue weighted by atomic mass is 35.5. The molecule has 0 amide bonds. The Hall–Kier alpha value is -0.740. The van der Waals surface area contributed by atoms with E-state index in [-0.39, 0.29) is 5.69 Å². The van der Waals surface area contributed by atoms with Crippen LogP contribution in [0.5, 0.6) is 0 Å². The van der Waals surface area contributed by atoms with Gasteiger partial charge in [0.2, 0.25) is 0 Å². The van der Waals surface area contributed by atoms with Crippen molar-refractivity contribution >= 4 is 29.1 Å². The van der Waals surface area contributed by atoms with Gasteiger partial charge in [0.25, 0.3) is 5.69 Å². The number of hydrogen-bond acceptors (Lipinski definition) is 3. The highest BCUT2D eigenvalue weighted by molar-refractivity contribution is 7.98. The fourth-order valence-electron chi connectivity index (χ4n) is 0.769. The van der Waals surface area contributed by atoms with Crippen LogP contribution in [-0.2, 0) is 0 Å². The van der Waals surface area contributed by atoms with Gasteiger partial charge in [0.15, 0.2) is 0 Å². The zero-order chi connectivity index (χ0) is 9.14. The molecule has 0 N–H and O–H groups in total. The van der Waals surface area contributed by atoms with Crippen molar-refractivity contribution in [2.24, 2.45) is 0 Å². The maximum absolute atomic E-state index is 10.3. The van der Waals surface area contributed by atoms with Crippen LogP contribution in [0.25, 0.3) is 0 Å². The van der Waals surface area contributed by atoms with Gasteiger partial charge in [-0.1, -0.05) is 11.6 Å². The normalized spacial score (nSPS) is 9.83. The average molecular weight is 204 g/mol. The van der Waals surface area contributed by atoms with Gasteiger partial charge in [0.1, 0.15) is 0 Å². The first-order valence-electron chi connectivity index (χ1n) is 3.13. The monoisotopic (exact) mass is 203 g/mol. The number of rotatable bonds is 2. The molecule has 0 saturated carbocycles. The van der Waals surface area contributed by atoms with Gasteiger partial charge < -0.3 is 0 Å². The maximum Gasteiger partial charge on any atom is 0.270 e. The standard InChI is InChI=1S/C7H6ClNO2S/c1-12-7-3-2-5(9(10)11)4-6(7)8/h2-4H,1H3. The van der Waals surface area contributed by atoms with Crippen LogP contribution in [0, 0.1) is 10.1 Å². The van der Waals surface area contributed by atoms with E-state index in [1.165, 1.54) is 23.9 Å². The van der Waals surface area contributed by atoms with Crippen LogP contribution in [0.1, 0.15) is 0 Å². The van der Waals surface area contributed by atoms with Crippen molar-refractivity contribution in [3.63, 3.8) is 0 Å². The van der Waals surface area contributed by atoms with E-state index in [1.54, 1.807) is 6.07 Å². The minimum Gasteiger partial charge on any atom is -0.258 e. The van der Waals surface area contributed by atoms with Gasteiger partial charge in [-0.2, -0.15) is 0 Å². The van der Waals surface area contributed by atoms with Crippen LogP contribution >= 0.6 is 23.4 Å². The molecule has 0 bridgehead atoms. The van der Waals surface area contributed by atoms with Crippen molar-refractivity contribution in [2.75, 3.05) is 6.26 Å². The smallest absolute Gasteiger partial charge is 0.258 e. The lowest BCUT2D eigenvalue weighted by Crippen LogP contribution is -1.87. The largest absolute Gasteiger partial charge is 0.270 e. The number of non-ortho nitro benzene ring substituents is 1. The lowest BCUT2D eigenvalue weighted by molar-refractivity contribution is -0.384. The molecule has 0 atom stereocenters. The summed E-state index contributed by atoms with van der Waals surface area (Å²) >= 11 is 7.21. The number of hydrogen-bond donors (Lipinski definition) is 0. The number of nitro benzene ring substituents is 1. The highest BCUT2D eigenvalue weighted by Crippen LogP contribution is 2.28. The summed E-state index contributed by atoms with van der Waals surface area (Å²) in [5.74, 6) is 0. The number of thioether (sulfide) groups is 1. The van der Waals surface area contributed by atoms with Gasteiger partial charge >= 0.3 is 0 Å². The predicted octanol–water partition coefficient (Wildman–Crippen LogP) is 2.97. The zero-order valence-electron chi connectivity index (χ0n) is 6.28. The summed E-state index contributed by atoms with van der Waals surface area (Å²) in [5.41, 5.74) is 0.0257. The van der Waals surface area contributed by atoms with E-state index in [9.17, 15) is 10.1 Å². The molecule has 0 fully saturated rings. The summed E-state index contributed by atoms with van der Waals surface area (Å²) in [7, 11) is 0. The second-order valence-electron chi connectivity index (χ2n) is 2.08. The van der Waals surface area contributed by atoms with E-state index in [4.69, 9.17) is 11.6 Å². The topological polar surface area (TPSA) is 43.1 Å². The number of benzene rings is 1. The first-order chi connectivity index (χ1) is 5.65. The van der Waals surface area contributed by atoms with E-state index < -0.39 is 4.92 Å². The van der Waals surface area contributed by atoms with Crippen molar-refractivity contribution in [2.45, 2.75) is 4.90 Å². The molecule has 12 heavy (non-hydrogen) atoms. The molecule has 0 aromatic heterocycles. The Morgan fingerprint density at radius 3 is 2.67 bits per heavy atom. The van der Waals surface area contributed by atoms with E-state index in [0.29, 0.717) is 5.02 Å². The third-order valence-electron chi connectivity index (χ3n) is 1.35. The van der Waals surface area contributed by atoms with Gasteiger partial charge in [-0.05, 0) is 12.3 Å². The van der Waals surface area contributed by atoms with Gasteiger partial charge in [0.05, 0.1) is 9.95 Å². The molecule has 0 saturated heterocycles. The fourth-order valence-corrected chi connectivity index (χ4v) is 1.63. The Balaban J connectivity index is 3.10. The number of nitrogens with zero attached hydrogens (tertiary/aromatic N) is 1. The maximum atomic E-state index is 10.3. The molecule has 0 spiro atoms. The Kier molecular flexibility index (Phi) is 2.94. The van der Waals surface area contributed by atoms with Crippen molar-refractivity contribution in [3.8, 4) is 0 Å². The summed E-state index contributed by atoms with van der Waals surface area (Å²) < 4.78 is 0. The molecule has 0 heterocycles. The van der Waals surface area contributed by atoms with Gasteiger partial charge in [-0.15, -0.1) is 11.8 Å². The highest BCUT2D eigenvalue weighted by Gasteiger charge is 2.07. The minimum absolute atomic E-state index is 0.0257. The Morgan fingerprint density at radius 2 is 2.25 bits per heavy atom. The fraction of sp³-hybridized carbons (Fsp3) is 0.143. The van der Waals surface area contributed by atoms with Gasteiger partial charge in [0, 0.05) is 17.0 Å². The Bertz CT molecular complexity index is 316. The van der Waals surface area contributed by atoms with Crippen LogP contribution < -0.4 is 0 Å². The van der Waals surface area contributed by atoms with Gasteiger partial charge in [-0.25, -0.2) is 0 Å². The molecular formula is C7H6ClNO2S. The van der Waals surface area contributed by atoms with E-state index in [0.717, 1.165) is 4.90 Å². The Labute approximate surface area is 78.9 Å². The SMILES string of the molecule is CSc1ccc([N+](=O)[O-])cc1Cl. The first kappa shape index (κ1) is 9.35. The molecule has 0 aliphatic rings. The molecule has 0 unspecified atom stereocenters. The minimum atomic E-state index is -0.462. The third kappa shape index (κ3) is 1.89. The summed E-state index contributed by atoms with van der Waals surface area (Å²) in [6.45, 7) is 0. The van der Waals surface area contributed by atoms with Crippen LogP contribution in [0.2, 0.25) is 5.02 Å². The second-order valence-corrected chi connectivity index (χ2v) is 3.33. The van der Waals surface area contributed by atoms with Crippen molar-refractivity contribution in [3.05, 3.63) is 33.3 Å². The Morgan fingerprint density at radius 1 is 1.58 bits per heavy atom. The molecule has 5 heteroatoms. The first-order valence-corrected chi connectivity index (χ1v) is 4.73. The molecule has 1 aromatic carbocycles. The van der Waals surface area contributed by atoms with E-state index in [2.05, 4.69) is 0 Å². The van der Waals surface area contributed by atoms with E-state index >= 15 is 0 Å². The lowest BCUT2D eigenvalue weighted by atomic mass is 10.3. The van der Waals surface area contributed by atoms with Crippen molar-refractivity contribution < 1.29 is 4.92 Å². The second kappa shape index (κ2) is 3.78. The van der Waals surface area contributed by atoms with Crippen LogP contribution in [0.15, 0.2) is 23.1 Å². The predicted molar refractivity (Wildman–Crippen MR) is 49.9 cm³/mol. The molecule has 1 rings (SSSR count). The average Bonchev–Trinajstić information content (AvgIpc) is 2.04. The molecule has 1 aromatic rings. The van der Waals surface area contributed by atoms with Gasteiger partial charge in [-0.3, -0.25) is 10.1 Å². The summed E-state index contributed by atoms with van der Waals surface area (Å²) in [5, 5.41) is 10.7. The number of halogens is 1. The summed E-state index contributed by atoms with van der Waals surface area (Å²) in [6, 6.07) is 4.44. The summed E-state index contributed by atoms with van der Waals surface area (Å²) in [4.78, 5) is 10.7. The zero-order valence-corrected chi connectivity index (χ0v) is 7.85. The van der Waals surface area contributed by atoms with Crippen LogP contribution in [-0.4, -0.2) is 11.2 Å². The van der Waals surface area contributed by atoms with Crippen LogP contribution in [0.4, 0.5) is 5.69 Å². The van der Waals surface area contributed by atoms with Crippen molar-refractivity contribution in [1.82, 2.24) is 0 Å². The number of nitro groups is 1. The molecular weight excluding hydrogens is 198 g/mol. The summed E-state index contributed by atoms with van der Waals surface area (Å²) in [6.07, 6.45) is 1.87. The third-order valence-corrected chi connectivity index (χ3v) is 2.57.